The van der Waals surface area contributed by atoms with Gasteiger partial charge in [0.2, 0.25) is 5.91 Å². The van der Waals surface area contributed by atoms with E-state index in [1.807, 2.05) is 6.07 Å². The molecule has 2 N–H and O–H groups in total. The fraction of sp³-hybridized carbons (Fsp3) is 0.571. The van der Waals surface area contributed by atoms with Crippen molar-refractivity contribution >= 4 is 16.8 Å². The van der Waals surface area contributed by atoms with Crippen molar-refractivity contribution in [3.63, 3.8) is 0 Å². The second-order valence-corrected chi connectivity index (χ2v) is 7.85. The molecule has 1 atom stereocenters. The number of para-hydroxylation sites is 1. The molecule has 2 aromatic rings. The lowest BCUT2D eigenvalue weighted by Gasteiger charge is -2.35. The van der Waals surface area contributed by atoms with Crippen LogP contribution in [0.3, 0.4) is 0 Å². The van der Waals surface area contributed by atoms with E-state index >= 15 is 0 Å². The van der Waals surface area contributed by atoms with E-state index < -0.39 is 0 Å². The monoisotopic (exact) mass is 370 g/mol. The third-order valence-corrected chi connectivity index (χ3v) is 6.01. The Hall–Kier alpha value is -1.89. The highest BCUT2D eigenvalue weighted by atomic mass is 16.5. The summed E-state index contributed by atoms with van der Waals surface area (Å²) in [5, 5.41) is 1.23. The standard InChI is InChI=1S/C21H30N4O2/c1-16-19(18-6-2-3-7-20(18)25(16)15-21(22)26)14-24-10-8-23(9-11-24)13-17-5-4-12-27-17/h2-3,6-7,17H,4-5,8-15H2,1H3,(H2,22,26). The van der Waals surface area contributed by atoms with E-state index in [2.05, 4.69) is 39.5 Å². The Morgan fingerprint density at radius 1 is 1.19 bits per heavy atom. The highest BCUT2D eigenvalue weighted by Gasteiger charge is 2.24. The summed E-state index contributed by atoms with van der Waals surface area (Å²) < 4.78 is 7.84. The van der Waals surface area contributed by atoms with E-state index in [9.17, 15) is 4.79 Å². The van der Waals surface area contributed by atoms with Crippen molar-refractivity contribution in [2.45, 2.75) is 39.0 Å². The first-order valence-electron chi connectivity index (χ1n) is 10.0. The number of hydrogen-bond donors (Lipinski definition) is 1. The maximum atomic E-state index is 11.5. The van der Waals surface area contributed by atoms with Crippen molar-refractivity contribution in [1.82, 2.24) is 14.4 Å². The van der Waals surface area contributed by atoms with Gasteiger partial charge in [-0.15, -0.1) is 0 Å². The molecule has 2 aliphatic heterocycles. The van der Waals surface area contributed by atoms with Crippen LogP contribution in [0.2, 0.25) is 0 Å². The largest absolute Gasteiger partial charge is 0.377 e. The molecule has 3 heterocycles. The Bertz CT molecular complexity index is 802. The summed E-state index contributed by atoms with van der Waals surface area (Å²) in [4.78, 5) is 16.6. The minimum absolute atomic E-state index is 0.238. The van der Waals surface area contributed by atoms with Gasteiger partial charge < -0.3 is 15.0 Å². The van der Waals surface area contributed by atoms with Crippen LogP contribution < -0.4 is 5.73 Å². The van der Waals surface area contributed by atoms with E-state index in [1.54, 1.807) is 0 Å². The lowest BCUT2D eigenvalue weighted by atomic mass is 10.1. The molecule has 2 fully saturated rings. The van der Waals surface area contributed by atoms with Crippen LogP contribution >= 0.6 is 0 Å². The molecule has 2 saturated heterocycles. The molecule has 4 rings (SSSR count). The third-order valence-electron chi connectivity index (χ3n) is 6.01. The molecule has 1 aromatic carbocycles. The van der Waals surface area contributed by atoms with Crippen LogP contribution in [0.5, 0.6) is 0 Å². The van der Waals surface area contributed by atoms with Crippen molar-refractivity contribution in [2.75, 3.05) is 39.3 Å². The second kappa shape index (κ2) is 8.00. The molecule has 0 radical (unpaired) electrons. The number of benzene rings is 1. The molecule has 6 nitrogen and oxygen atoms in total. The molecular weight excluding hydrogens is 340 g/mol. The highest BCUT2D eigenvalue weighted by Crippen LogP contribution is 2.27. The highest BCUT2D eigenvalue weighted by molar-refractivity contribution is 5.87. The van der Waals surface area contributed by atoms with Gasteiger partial charge in [0, 0.05) is 62.5 Å². The molecule has 2 aliphatic rings. The zero-order valence-electron chi connectivity index (χ0n) is 16.2. The quantitative estimate of drug-likeness (QED) is 0.841. The molecular formula is C21H30N4O2. The number of primary amides is 1. The predicted molar refractivity (Wildman–Crippen MR) is 107 cm³/mol. The number of hydrogen-bond acceptors (Lipinski definition) is 4. The third kappa shape index (κ3) is 4.03. The second-order valence-electron chi connectivity index (χ2n) is 7.85. The van der Waals surface area contributed by atoms with Gasteiger partial charge in [0.15, 0.2) is 0 Å². The first-order valence-corrected chi connectivity index (χ1v) is 10.0. The molecule has 1 aromatic heterocycles. The molecule has 0 spiro atoms. The molecule has 6 heteroatoms. The van der Waals surface area contributed by atoms with E-state index in [1.165, 1.54) is 23.8 Å². The van der Waals surface area contributed by atoms with Gasteiger partial charge in [-0.05, 0) is 31.4 Å². The normalized spacial score (nSPS) is 21.9. The fourth-order valence-corrected chi connectivity index (χ4v) is 4.49. The summed E-state index contributed by atoms with van der Waals surface area (Å²) in [5.74, 6) is -0.298. The summed E-state index contributed by atoms with van der Waals surface area (Å²) in [6, 6.07) is 8.32. The van der Waals surface area contributed by atoms with Gasteiger partial charge in [-0.25, -0.2) is 0 Å². The van der Waals surface area contributed by atoms with Gasteiger partial charge in [0.1, 0.15) is 6.54 Å². The minimum Gasteiger partial charge on any atom is -0.377 e. The Morgan fingerprint density at radius 3 is 2.63 bits per heavy atom. The SMILES string of the molecule is Cc1c(CN2CCN(CC3CCCO3)CC2)c2ccccc2n1CC(N)=O. The van der Waals surface area contributed by atoms with Crippen LogP contribution in [0.15, 0.2) is 24.3 Å². The number of amides is 1. The molecule has 27 heavy (non-hydrogen) atoms. The Kier molecular flexibility index (Phi) is 5.48. The number of nitrogens with two attached hydrogens (primary N) is 1. The Labute approximate surface area is 160 Å². The summed E-state index contributed by atoms with van der Waals surface area (Å²) >= 11 is 0. The number of carbonyl (C=O) groups is 1. The maximum Gasteiger partial charge on any atom is 0.237 e. The molecule has 0 aliphatic carbocycles. The van der Waals surface area contributed by atoms with Crippen LogP contribution in [0.4, 0.5) is 0 Å². The number of ether oxygens (including phenoxy) is 1. The first kappa shape index (κ1) is 18.5. The number of fused-ring (bicyclic) bond motifs is 1. The summed E-state index contributed by atoms with van der Waals surface area (Å²) in [5.41, 5.74) is 9.04. The number of piperazine rings is 1. The van der Waals surface area contributed by atoms with Crippen LogP contribution in [-0.2, 0) is 22.6 Å². The lowest BCUT2D eigenvalue weighted by Crippen LogP contribution is -2.48. The van der Waals surface area contributed by atoms with Crippen molar-refractivity contribution < 1.29 is 9.53 Å². The summed E-state index contributed by atoms with van der Waals surface area (Å²) in [6.45, 7) is 9.60. The van der Waals surface area contributed by atoms with Crippen molar-refractivity contribution in [3.8, 4) is 0 Å². The molecule has 1 amide bonds. The van der Waals surface area contributed by atoms with Gasteiger partial charge in [-0.1, -0.05) is 18.2 Å². The molecule has 0 saturated carbocycles. The maximum absolute atomic E-state index is 11.5. The van der Waals surface area contributed by atoms with E-state index in [0.717, 1.165) is 57.1 Å². The van der Waals surface area contributed by atoms with Gasteiger partial charge in [-0.2, -0.15) is 0 Å². The van der Waals surface area contributed by atoms with E-state index in [-0.39, 0.29) is 12.5 Å². The number of aromatic nitrogens is 1. The Balaban J connectivity index is 1.44. The lowest BCUT2D eigenvalue weighted by molar-refractivity contribution is -0.118. The molecule has 146 valence electrons. The molecule has 0 bridgehead atoms. The number of rotatable bonds is 6. The van der Waals surface area contributed by atoms with Crippen LogP contribution in [0.25, 0.3) is 10.9 Å². The van der Waals surface area contributed by atoms with Gasteiger partial charge >= 0.3 is 0 Å². The summed E-state index contributed by atoms with van der Waals surface area (Å²) in [7, 11) is 0. The Morgan fingerprint density at radius 2 is 1.93 bits per heavy atom. The van der Waals surface area contributed by atoms with E-state index in [4.69, 9.17) is 10.5 Å². The average molecular weight is 370 g/mol. The van der Waals surface area contributed by atoms with Gasteiger partial charge in [0.25, 0.3) is 0 Å². The van der Waals surface area contributed by atoms with Crippen LogP contribution in [0.1, 0.15) is 24.1 Å². The van der Waals surface area contributed by atoms with Crippen LogP contribution in [-0.4, -0.2) is 65.7 Å². The average Bonchev–Trinajstić information content (AvgIpc) is 3.26. The smallest absolute Gasteiger partial charge is 0.237 e. The van der Waals surface area contributed by atoms with Crippen molar-refractivity contribution in [3.05, 3.63) is 35.5 Å². The van der Waals surface area contributed by atoms with Crippen molar-refractivity contribution in [2.24, 2.45) is 5.73 Å². The fourth-order valence-electron chi connectivity index (χ4n) is 4.49. The number of nitrogens with zero attached hydrogens (tertiary/aromatic N) is 3. The van der Waals surface area contributed by atoms with Crippen LogP contribution in [0, 0.1) is 6.92 Å². The van der Waals surface area contributed by atoms with Gasteiger partial charge in [0.05, 0.1) is 6.10 Å². The zero-order chi connectivity index (χ0) is 18.8. The predicted octanol–water partition coefficient (Wildman–Crippen LogP) is 1.73. The molecule has 1 unspecified atom stereocenters. The topological polar surface area (TPSA) is 63.7 Å². The summed E-state index contributed by atoms with van der Waals surface area (Å²) in [6.07, 6.45) is 2.85. The zero-order valence-corrected chi connectivity index (χ0v) is 16.2. The van der Waals surface area contributed by atoms with Crippen molar-refractivity contribution in [1.29, 1.82) is 0 Å². The number of carbonyl (C=O) groups excluding carboxylic acids is 1. The van der Waals surface area contributed by atoms with Gasteiger partial charge in [-0.3, -0.25) is 14.6 Å². The minimum atomic E-state index is -0.298. The first-order chi connectivity index (χ1) is 13.1. The van der Waals surface area contributed by atoms with E-state index in [0.29, 0.717) is 6.10 Å².